The molecule has 4 rings (SSSR count). The molecule has 7 nitrogen and oxygen atoms in total. The van der Waals surface area contributed by atoms with Crippen LogP contribution >= 0.6 is 0 Å². The molecule has 0 aliphatic rings. The normalized spacial score (nSPS) is 11.2. The molecule has 4 aromatic rings. The molecule has 0 aliphatic heterocycles. The third-order valence-electron chi connectivity index (χ3n) is 4.23. The van der Waals surface area contributed by atoms with Crippen molar-refractivity contribution < 1.29 is 4.79 Å². The number of carbonyl (C=O) groups excluding carboxylic acids is 1. The fourth-order valence-electron chi connectivity index (χ4n) is 2.87. The molecule has 0 atom stereocenters. The smallest absolute Gasteiger partial charge is 0.322 e. The van der Waals surface area contributed by atoms with E-state index in [1.807, 2.05) is 18.2 Å². The number of H-pyrrole nitrogens is 1. The van der Waals surface area contributed by atoms with E-state index in [1.54, 1.807) is 43.1 Å². The van der Waals surface area contributed by atoms with Crippen molar-refractivity contribution in [3.05, 3.63) is 58.6 Å². The lowest BCUT2D eigenvalue weighted by atomic mass is 10.1. The Morgan fingerprint density at radius 2 is 1.88 bits per heavy atom. The largest absolute Gasteiger partial charge is 0.328 e. The van der Waals surface area contributed by atoms with E-state index >= 15 is 0 Å². The Bertz CT molecular complexity index is 1150. The van der Waals surface area contributed by atoms with Gasteiger partial charge in [-0.05, 0) is 36.4 Å². The fourth-order valence-corrected chi connectivity index (χ4v) is 2.87. The highest BCUT2D eigenvalue weighted by Gasteiger charge is 2.12. The third kappa shape index (κ3) is 2.10. The first kappa shape index (κ1) is 14.3. The Hall–Kier alpha value is -3.35. The number of aromatic nitrogens is 4. The summed E-state index contributed by atoms with van der Waals surface area (Å²) >= 11 is 0. The maximum absolute atomic E-state index is 12.5. The van der Waals surface area contributed by atoms with Crippen LogP contribution in [-0.2, 0) is 14.1 Å². The van der Waals surface area contributed by atoms with Crippen molar-refractivity contribution in [1.82, 2.24) is 19.3 Å². The Labute approximate surface area is 136 Å². The molecule has 0 unspecified atom stereocenters. The summed E-state index contributed by atoms with van der Waals surface area (Å²) in [7, 11) is 3.41. The minimum absolute atomic E-state index is 0.118. The van der Waals surface area contributed by atoms with Crippen LogP contribution in [0.3, 0.4) is 0 Å². The number of imidazole rings is 1. The van der Waals surface area contributed by atoms with E-state index in [2.05, 4.69) is 15.5 Å². The predicted molar refractivity (Wildman–Crippen MR) is 92.2 cm³/mol. The molecule has 0 fully saturated rings. The highest BCUT2D eigenvalue weighted by molar-refractivity contribution is 6.06. The average Bonchev–Trinajstić information content (AvgIpc) is 3.14. The monoisotopic (exact) mass is 321 g/mol. The zero-order valence-corrected chi connectivity index (χ0v) is 13.2. The molecule has 2 N–H and O–H groups in total. The number of aromatic amines is 1. The summed E-state index contributed by atoms with van der Waals surface area (Å²) in [5, 5.41) is 10.7. The van der Waals surface area contributed by atoms with E-state index < -0.39 is 0 Å². The number of carbonyl (C=O) groups is 1. The summed E-state index contributed by atoms with van der Waals surface area (Å²) in [6.07, 6.45) is 1.73. The van der Waals surface area contributed by atoms with Gasteiger partial charge in [-0.3, -0.25) is 19.0 Å². The van der Waals surface area contributed by atoms with Crippen molar-refractivity contribution in [2.24, 2.45) is 14.1 Å². The van der Waals surface area contributed by atoms with Crippen LogP contribution in [0.2, 0.25) is 0 Å². The maximum Gasteiger partial charge on any atom is 0.328 e. The quantitative estimate of drug-likeness (QED) is 0.592. The number of benzene rings is 2. The molecule has 7 heteroatoms. The van der Waals surface area contributed by atoms with Crippen molar-refractivity contribution in [3.8, 4) is 0 Å². The van der Waals surface area contributed by atoms with Crippen LogP contribution < -0.4 is 11.0 Å². The van der Waals surface area contributed by atoms with Crippen LogP contribution in [0.5, 0.6) is 0 Å². The standard InChI is InChI=1S/C17H15N5O2/c1-21-14-6-4-10(7-15(14)22(2)17(21)24)16(23)19-12-5-3-11-9-18-20-13(11)8-12/h3-9H,1-2H3,(H,18,20)(H,19,23). The number of amides is 1. The molecule has 24 heavy (non-hydrogen) atoms. The van der Waals surface area contributed by atoms with E-state index in [1.165, 1.54) is 4.57 Å². The first-order chi connectivity index (χ1) is 11.5. The second-order valence-electron chi connectivity index (χ2n) is 5.73. The molecule has 0 saturated heterocycles. The molecule has 2 aromatic heterocycles. The van der Waals surface area contributed by atoms with E-state index in [4.69, 9.17) is 0 Å². The average molecular weight is 321 g/mol. The summed E-state index contributed by atoms with van der Waals surface area (Å²) in [6.45, 7) is 0. The van der Waals surface area contributed by atoms with Gasteiger partial charge in [0, 0.05) is 30.7 Å². The van der Waals surface area contributed by atoms with Gasteiger partial charge in [-0.1, -0.05) is 0 Å². The van der Waals surface area contributed by atoms with Crippen LogP contribution in [0.25, 0.3) is 21.9 Å². The first-order valence-electron chi connectivity index (χ1n) is 7.44. The van der Waals surface area contributed by atoms with Crippen molar-refractivity contribution in [2.75, 3.05) is 5.32 Å². The summed E-state index contributed by atoms with van der Waals surface area (Å²) in [4.78, 5) is 24.5. The molecule has 0 radical (unpaired) electrons. The lowest BCUT2D eigenvalue weighted by molar-refractivity contribution is 0.102. The van der Waals surface area contributed by atoms with Gasteiger partial charge in [0.25, 0.3) is 5.91 Å². The van der Waals surface area contributed by atoms with Gasteiger partial charge in [-0.2, -0.15) is 5.10 Å². The molecule has 2 heterocycles. The number of nitrogens with zero attached hydrogens (tertiary/aromatic N) is 3. The predicted octanol–water partition coefficient (Wildman–Crippen LogP) is 2.01. The Morgan fingerprint density at radius 3 is 2.71 bits per heavy atom. The summed E-state index contributed by atoms with van der Waals surface area (Å²) in [6, 6.07) is 10.8. The Kier molecular flexibility index (Phi) is 3.02. The molecular weight excluding hydrogens is 306 g/mol. The molecule has 1 amide bonds. The van der Waals surface area contributed by atoms with Gasteiger partial charge in [0.1, 0.15) is 0 Å². The van der Waals surface area contributed by atoms with Gasteiger partial charge in [-0.15, -0.1) is 0 Å². The zero-order valence-electron chi connectivity index (χ0n) is 13.2. The van der Waals surface area contributed by atoms with Crippen molar-refractivity contribution in [2.45, 2.75) is 0 Å². The van der Waals surface area contributed by atoms with Crippen molar-refractivity contribution >= 4 is 33.5 Å². The van der Waals surface area contributed by atoms with E-state index in [0.29, 0.717) is 11.3 Å². The second kappa shape index (κ2) is 5.09. The minimum Gasteiger partial charge on any atom is -0.322 e. The molecule has 0 spiro atoms. The molecule has 0 bridgehead atoms. The molecule has 120 valence electrons. The molecule has 0 aliphatic carbocycles. The van der Waals surface area contributed by atoms with Crippen LogP contribution in [0.1, 0.15) is 10.4 Å². The highest BCUT2D eigenvalue weighted by Crippen LogP contribution is 2.19. The summed E-state index contributed by atoms with van der Waals surface area (Å²) in [5.41, 5.74) is 3.42. The number of rotatable bonds is 2. The second-order valence-corrected chi connectivity index (χ2v) is 5.73. The molecule has 2 aromatic carbocycles. The van der Waals surface area contributed by atoms with E-state index in [0.717, 1.165) is 21.9 Å². The topological polar surface area (TPSA) is 84.7 Å². The van der Waals surface area contributed by atoms with Crippen molar-refractivity contribution in [3.63, 3.8) is 0 Å². The van der Waals surface area contributed by atoms with Crippen LogP contribution in [0, 0.1) is 0 Å². The fraction of sp³-hybridized carbons (Fsp3) is 0.118. The zero-order chi connectivity index (χ0) is 16.8. The van der Waals surface area contributed by atoms with Crippen LogP contribution in [0.4, 0.5) is 5.69 Å². The number of hydrogen-bond donors (Lipinski definition) is 2. The molecule has 0 saturated carbocycles. The van der Waals surface area contributed by atoms with Gasteiger partial charge in [-0.25, -0.2) is 4.79 Å². The van der Waals surface area contributed by atoms with Gasteiger partial charge in [0.05, 0.1) is 22.7 Å². The van der Waals surface area contributed by atoms with E-state index in [9.17, 15) is 9.59 Å². The Balaban J connectivity index is 1.69. The van der Waals surface area contributed by atoms with Crippen LogP contribution in [0.15, 0.2) is 47.4 Å². The Morgan fingerprint density at radius 1 is 1.08 bits per heavy atom. The van der Waals surface area contributed by atoms with Gasteiger partial charge >= 0.3 is 5.69 Å². The maximum atomic E-state index is 12.5. The number of fused-ring (bicyclic) bond motifs is 2. The molecular formula is C17H15N5O2. The number of anilines is 1. The van der Waals surface area contributed by atoms with Gasteiger partial charge in [0.15, 0.2) is 0 Å². The summed E-state index contributed by atoms with van der Waals surface area (Å²) in [5.74, 6) is -0.230. The van der Waals surface area contributed by atoms with Gasteiger partial charge < -0.3 is 5.32 Å². The van der Waals surface area contributed by atoms with Gasteiger partial charge in [0.2, 0.25) is 0 Å². The number of aryl methyl sites for hydroxylation is 2. The van der Waals surface area contributed by atoms with Crippen molar-refractivity contribution in [1.29, 1.82) is 0 Å². The van der Waals surface area contributed by atoms with E-state index in [-0.39, 0.29) is 11.6 Å². The number of hydrogen-bond acceptors (Lipinski definition) is 3. The minimum atomic E-state index is -0.230. The lowest BCUT2D eigenvalue weighted by Crippen LogP contribution is -2.19. The first-order valence-corrected chi connectivity index (χ1v) is 7.44. The third-order valence-corrected chi connectivity index (χ3v) is 4.23. The number of nitrogens with one attached hydrogen (secondary N) is 2. The SMILES string of the molecule is Cn1c(=O)n(C)c2cc(C(=O)Nc3ccc4cn[nH]c4c3)ccc21. The lowest BCUT2D eigenvalue weighted by Gasteiger charge is -2.06. The summed E-state index contributed by atoms with van der Waals surface area (Å²) < 4.78 is 3.09. The van der Waals surface area contributed by atoms with Crippen LogP contribution in [-0.4, -0.2) is 25.2 Å². The highest BCUT2D eigenvalue weighted by atomic mass is 16.2.